The zero-order chi connectivity index (χ0) is 20.8. The van der Waals surface area contributed by atoms with Crippen LogP contribution in [0, 0.1) is 5.92 Å². The van der Waals surface area contributed by atoms with Gasteiger partial charge in [-0.3, -0.25) is 19.4 Å². The Labute approximate surface area is 168 Å². The predicted molar refractivity (Wildman–Crippen MR) is 105 cm³/mol. The van der Waals surface area contributed by atoms with Crippen LogP contribution in [0.3, 0.4) is 0 Å². The molecule has 0 radical (unpaired) electrons. The van der Waals surface area contributed by atoms with Gasteiger partial charge in [-0.1, -0.05) is 0 Å². The summed E-state index contributed by atoms with van der Waals surface area (Å²) in [7, 11) is 1.55. The van der Waals surface area contributed by atoms with Crippen LogP contribution in [0.15, 0.2) is 48.8 Å². The molecule has 1 fully saturated rings. The van der Waals surface area contributed by atoms with Gasteiger partial charge in [-0.15, -0.1) is 0 Å². The van der Waals surface area contributed by atoms with Crippen LogP contribution in [0.5, 0.6) is 11.5 Å². The van der Waals surface area contributed by atoms with Gasteiger partial charge in [0.2, 0.25) is 5.91 Å². The maximum Gasteiger partial charge on any atom is 0.308 e. The topological polar surface area (TPSA) is 100 Å². The van der Waals surface area contributed by atoms with E-state index in [1.54, 1.807) is 55.8 Å². The first kappa shape index (κ1) is 20.3. The second-order valence-electron chi connectivity index (χ2n) is 6.99. The van der Waals surface area contributed by atoms with E-state index < -0.39 is 11.9 Å². The van der Waals surface area contributed by atoms with Crippen LogP contribution in [0.4, 0.5) is 0 Å². The number of nitrogens with zero attached hydrogens (tertiary/aromatic N) is 3. The third-order valence-electron chi connectivity index (χ3n) is 4.81. The van der Waals surface area contributed by atoms with Crippen LogP contribution in [0.25, 0.3) is 0 Å². The molecule has 8 heteroatoms. The van der Waals surface area contributed by atoms with Gasteiger partial charge in [0.15, 0.2) is 0 Å². The van der Waals surface area contributed by atoms with Gasteiger partial charge in [-0.05, 0) is 49.2 Å². The second-order valence-corrected chi connectivity index (χ2v) is 6.99. The molecule has 8 nitrogen and oxygen atoms in total. The Morgan fingerprint density at radius 1 is 1.21 bits per heavy atom. The Kier molecular flexibility index (Phi) is 6.43. The predicted octanol–water partition coefficient (Wildman–Crippen LogP) is 2.27. The fraction of sp³-hybridized carbons (Fsp3) is 0.333. The molecular formula is C21H23N3O5. The lowest BCUT2D eigenvalue weighted by Crippen LogP contribution is -2.46. The summed E-state index contributed by atoms with van der Waals surface area (Å²) in [6.07, 6.45) is 4.46. The molecule has 3 rings (SSSR count). The van der Waals surface area contributed by atoms with Crippen molar-refractivity contribution in [3.63, 3.8) is 0 Å². The summed E-state index contributed by atoms with van der Waals surface area (Å²) in [5.41, 5.74) is 0.431. The summed E-state index contributed by atoms with van der Waals surface area (Å²) >= 11 is 0. The molecule has 0 aliphatic carbocycles. The van der Waals surface area contributed by atoms with Gasteiger partial charge in [-0.25, -0.2) is 0 Å². The highest BCUT2D eigenvalue weighted by atomic mass is 16.5. The van der Waals surface area contributed by atoms with E-state index >= 15 is 0 Å². The first-order valence-electron chi connectivity index (χ1n) is 9.38. The number of hydrogen-bond acceptors (Lipinski definition) is 5. The average molecular weight is 397 g/mol. The third kappa shape index (κ3) is 5.31. The first-order valence-corrected chi connectivity index (χ1v) is 9.38. The number of aliphatic carboxylic acids is 1. The van der Waals surface area contributed by atoms with Gasteiger partial charge >= 0.3 is 5.97 Å². The van der Waals surface area contributed by atoms with Crippen molar-refractivity contribution >= 4 is 17.8 Å². The highest BCUT2D eigenvalue weighted by Crippen LogP contribution is 2.21. The van der Waals surface area contributed by atoms with Gasteiger partial charge in [0, 0.05) is 31.9 Å². The fourth-order valence-corrected chi connectivity index (χ4v) is 3.21. The number of carbonyl (C=O) groups is 3. The number of piperidine rings is 1. The molecule has 0 bridgehead atoms. The third-order valence-corrected chi connectivity index (χ3v) is 4.81. The summed E-state index contributed by atoms with van der Waals surface area (Å²) < 4.78 is 5.65. The van der Waals surface area contributed by atoms with Gasteiger partial charge < -0.3 is 19.6 Å². The van der Waals surface area contributed by atoms with E-state index in [0.717, 1.165) is 0 Å². The fourth-order valence-electron chi connectivity index (χ4n) is 3.21. The second kappa shape index (κ2) is 9.18. The molecule has 2 heterocycles. The van der Waals surface area contributed by atoms with Crippen molar-refractivity contribution in [1.29, 1.82) is 0 Å². The number of carbonyl (C=O) groups excluding carboxylic acids is 2. The van der Waals surface area contributed by atoms with Crippen LogP contribution >= 0.6 is 0 Å². The molecule has 152 valence electrons. The summed E-state index contributed by atoms with van der Waals surface area (Å²) in [6, 6.07) is 10.2. The van der Waals surface area contributed by atoms with Crippen LogP contribution in [-0.2, 0) is 9.59 Å². The van der Waals surface area contributed by atoms with Crippen LogP contribution < -0.4 is 4.74 Å². The lowest BCUT2D eigenvalue weighted by molar-refractivity contribution is -0.145. The number of ether oxygens (including phenoxy) is 1. The minimum Gasteiger partial charge on any atom is -0.481 e. The number of rotatable bonds is 6. The molecule has 1 unspecified atom stereocenters. The van der Waals surface area contributed by atoms with Crippen molar-refractivity contribution in [2.24, 2.45) is 5.92 Å². The Morgan fingerprint density at radius 3 is 2.62 bits per heavy atom. The minimum absolute atomic E-state index is 0.0981. The molecule has 29 heavy (non-hydrogen) atoms. The minimum atomic E-state index is -0.888. The van der Waals surface area contributed by atoms with E-state index in [9.17, 15) is 14.4 Å². The first-order chi connectivity index (χ1) is 13.9. The lowest BCUT2D eigenvalue weighted by atomic mass is 9.98. The number of hydrogen-bond donors (Lipinski definition) is 1. The molecule has 2 aromatic rings. The Bertz CT molecular complexity index is 870. The number of pyridine rings is 1. The lowest BCUT2D eigenvalue weighted by Gasteiger charge is -2.32. The van der Waals surface area contributed by atoms with Crippen LogP contribution in [0.1, 0.15) is 23.2 Å². The molecule has 1 aliphatic rings. The van der Waals surface area contributed by atoms with Crippen molar-refractivity contribution in [1.82, 2.24) is 14.8 Å². The molecule has 1 atom stereocenters. The van der Waals surface area contributed by atoms with Gasteiger partial charge in [0.05, 0.1) is 18.7 Å². The average Bonchev–Trinajstić information content (AvgIpc) is 2.74. The number of likely N-dealkylation sites (tertiary alicyclic amines) is 1. The normalized spacial score (nSPS) is 16.2. The maximum absolute atomic E-state index is 12.6. The van der Waals surface area contributed by atoms with E-state index in [4.69, 9.17) is 9.84 Å². The molecule has 2 amide bonds. The van der Waals surface area contributed by atoms with Crippen molar-refractivity contribution in [3.05, 3.63) is 54.4 Å². The molecule has 1 saturated heterocycles. The number of benzene rings is 1. The molecule has 0 saturated carbocycles. The van der Waals surface area contributed by atoms with Crippen molar-refractivity contribution in [3.8, 4) is 11.5 Å². The molecule has 0 spiro atoms. The van der Waals surface area contributed by atoms with Crippen LogP contribution in [0.2, 0.25) is 0 Å². The van der Waals surface area contributed by atoms with E-state index in [-0.39, 0.29) is 24.9 Å². The molecule has 1 aromatic carbocycles. The Balaban J connectivity index is 1.56. The Morgan fingerprint density at radius 2 is 1.97 bits per heavy atom. The molecule has 1 aliphatic heterocycles. The zero-order valence-electron chi connectivity index (χ0n) is 16.2. The van der Waals surface area contributed by atoms with Gasteiger partial charge in [0.1, 0.15) is 11.5 Å². The van der Waals surface area contributed by atoms with Crippen molar-refractivity contribution in [2.45, 2.75) is 12.8 Å². The van der Waals surface area contributed by atoms with E-state index in [0.29, 0.717) is 36.4 Å². The number of amides is 2. The quantitative estimate of drug-likeness (QED) is 0.803. The standard InChI is InChI=1S/C21H23N3O5/c1-23(14-19(25)24-11-3-4-16(13-24)21(27)28)20(26)15-6-8-17(9-7-15)29-18-5-2-10-22-12-18/h2,5-10,12,16H,3-4,11,13-14H2,1H3,(H,27,28). The largest absolute Gasteiger partial charge is 0.481 e. The highest BCUT2D eigenvalue weighted by Gasteiger charge is 2.29. The highest BCUT2D eigenvalue weighted by molar-refractivity contribution is 5.96. The number of carboxylic acids is 1. The van der Waals surface area contributed by atoms with Gasteiger partial charge in [-0.2, -0.15) is 0 Å². The molecular weight excluding hydrogens is 374 g/mol. The summed E-state index contributed by atoms with van der Waals surface area (Å²) in [5, 5.41) is 9.16. The molecule has 1 N–H and O–H groups in total. The van der Waals surface area contributed by atoms with E-state index in [1.165, 1.54) is 9.80 Å². The van der Waals surface area contributed by atoms with Crippen molar-refractivity contribution in [2.75, 3.05) is 26.7 Å². The van der Waals surface area contributed by atoms with Gasteiger partial charge in [0.25, 0.3) is 5.91 Å². The zero-order valence-corrected chi connectivity index (χ0v) is 16.2. The van der Waals surface area contributed by atoms with E-state index in [2.05, 4.69) is 4.98 Å². The smallest absolute Gasteiger partial charge is 0.308 e. The Hall–Kier alpha value is -3.42. The monoisotopic (exact) mass is 397 g/mol. The van der Waals surface area contributed by atoms with Crippen LogP contribution in [-0.4, -0.2) is 64.4 Å². The maximum atomic E-state index is 12.6. The number of likely N-dealkylation sites (N-methyl/N-ethyl adjacent to an activating group) is 1. The summed E-state index contributed by atoms with van der Waals surface area (Å²) in [4.78, 5) is 43.1. The summed E-state index contributed by atoms with van der Waals surface area (Å²) in [5.74, 6) is -0.806. The van der Waals surface area contributed by atoms with E-state index in [1.807, 2.05) is 0 Å². The number of carboxylic acid groups (broad SMARTS) is 1. The summed E-state index contributed by atoms with van der Waals surface area (Å²) in [6.45, 7) is 0.612. The SMILES string of the molecule is CN(CC(=O)N1CCCC(C(=O)O)C1)C(=O)c1ccc(Oc2cccnc2)cc1. The number of aromatic nitrogens is 1. The molecule has 1 aromatic heterocycles. The van der Waals surface area contributed by atoms with Crippen molar-refractivity contribution < 1.29 is 24.2 Å².